The smallest absolute Gasteiger partial charge is 0.256 e. The maximum Gasteiger partial charge on any atom is 0.256 e. The summed E-state index contributed by atoms with van der Waals surface area (Å²) >= 11 is 6.00. The minimum Gasteiger partial charge on any atom is -0.352 e. The first-order valence-corrected chi connectivity index (χ1v) is 7.05. The number of nitrogens with one attached hydrogen (secondary N) is 1. The number of amides is 1. The van der Waals surface area contributed by atoms with Gasteiger partial charge < -0.3 is 5.32 Å². The molecule has 1 fully saturated rings. The molecule has 0 unspecified atom stereocenters. The number of hydrogen-bond acceptors (Lipinski definition) is 2. The van der Waals surface area contributed by atoms with Gasteiger partial charge in [-0.15, -0.1) is 0 Å². The molecule has 1 aromatic heterocycles. The van der Waals surface area contributed by atoms with E-state index in [9.17, 15) is 4.79 Å². The SMILES string of the molecule is Cn1ncc(C(=O)NC[C@@H]2C[C@H]2c2ccccc2)c1Cl. The predicted molar refractivity (Wildman–Crippen MR) is 77.8 cm³/mol. The first-order valence-electron chi connectivity index (χ1n) is 6.67. The highest BCUT2D eigenvalue weighted by Gasteiger charge is 2.38. The van der Waals surface area contributed by atoms with E-state index in [4.69, 9.17) is 11.6 Å². The molecular formula is C15H16ClN3O. The summed E-state index contributed by atoms with van der Waals surface area (Å²) in [6.45, 7) is 0.684. The van der Waals surface area contributed by atoms with Crippen molar-refractivity contribution in [1.29, 1.82) is 0 Å². The quantitative estimate of drug-likeness (QED) is 0.940. The third kappa shape index (κ3) is 2.56. The Morgan fingerprint density at radius 3 is 2.85 bits per heavy atom. The van der Waals surface area contributed by atoms with Gasteiger partial charge in [-0.25, -0.2) is 0 Å². The monoisotopic (exact) mass is 289 g/mol. The molecule has 3 rings (SSSR count). The largest absolute Gasteiger partial charge is 0.352 e. The minimum atomic E-state index is -0.151. The van der Waals surface area contributed by atoms with Gasteiger partial charge in [0.1, 0.15) is 5.15 Å². The number of benzene rings is 1. The van der Waals surface area contributed by atoms with Crippen LogP contribution in [0.15, 0.2) is 36.5 Å². The van der Waals surface area contributed by atoms with E-state index in [-0.39, 0.29) is 5.91 Å². The maximum absolute atomic E-state index is 12.0. The molecule has 1 N–H and O–H groups in total. The van der Waals surface area contributed by atoms with E-state index in [0.29, 0.717) is 29.1 Å². The molecular weight excluding hydrogens is 274 g/mol. The highest BCUT2D eigenvalue weighted by Crippen LogP contribution is 2.46. The number of aromatic nitrogens is 2. The van der Waals surface area contributed by atoms with Crippen LogP contribution in [-0.4, -0.2) is 22.2 Å². The molecule has 0 bridgehead atoms. The van der Waals surface area contributed by atoms with E-state index >= 15 is 0 Å². The number of carbonyl (C=O) groups excluding carboxylic acids is 1. The molecule has 4 nitrogen and oxygen atoms in total. The molecule has 104 valence electrons. The van der Waals surface area contributed by atoms with Crippen molar-refractivity contribution in [3.05, 3.63) is 52.8 Å². The third-order valence-electron chi connectivity index (χ3n) is 3.79. The predicted octanol–water partition coefficient (Wildman–Crippen LogP) is 2.61. The van der Waals surface area contributed by atoms with Crippen molar-refractivity contribution in [1.82, 2.24) is 15.1 Å². The van der Waals surface area contributed by atoms with E-state index in [1.807, 2.05) is 6.07 Å². The summed E-state index contributed by atoms with van der Waals surface area (Å²) in [5.41, 5.74) is 1.79. The van der Waals surface area contributed by atoms with Crippen molar-refractivity contribution in [2.75, 3.05) is 6.54 Å². The van der Waals surface area contributed by atoms with Gasteiger partial charge in [0, 0.05) is 13.6 Å². The highest BCUT2D eigenvalue weighted by atomic mass is 35.5. The second kappa shape index (κ2) is 5.29. The number of nitrogens with zero attached hydrogens (tertiary/aromatic N) is 2. The summed E-state index contributed by atoms with van der Waals surface area (Å²) in [4.78, 5) is 12.0. The molecule has 2 aromatic rings. The summed E-state index contributed by atoms with van der Waals surface area (Å²) in [6.07, 6.45) is 2.63. The second-order valence-corrected chi connectivity index (χ2v) is 5.55. The lowest BCUT2D eigenvalue weighted by Crippen LogP contribution is -2.25. The molecule has 1 heterocycles. The number of carbonyl (C=O) groups is 1. The zero-order valence-electron chi connectivity index (χ0n) is 11.2. The van der Waals surface area contributed by atoms with Crippen molar-refractivity contribution < 1.29 is 4.79 Å². The van der Waals surface area contributed by atoms with Crippen LogP contribution in [0.1, 0.15) is 28.3 Å². The van der Waals surface area contributed by atoms with Crippen molar-refractivity contribution >= 4 is 17.5 Å². The molecule has 1 aromatic carbocycles. The summed E-state index contributed by atoms with van der Waals surface area (Å²) in [5.74, 6) is 0.944. The van der Waals surface area contributed by atoms with Crippen LogP contribution >= 0.6 is 11.6 Å². The maximum atomic E-state index is 12.0. The number of rotatable bonds is 4. The van der Waals surface area contributed by atoms with Crippen molar-refractivity contribution in [2.45, 2.75) is 12.3 Å². The van der Waals surface area contributed by atoms with E-state index in [0.717, 1.165) is 6.42 Å². The Morgan fingerprint density at radius 2 is 2.20 bits per heavy atom. The Bertz CT molecular complexity index is 623. The molecule has 1 saturated carbocycles. The van der Waals surface area contributed by atoms with Gasteiger partial charge in [0.05, 0.1) is 11.8 Å². The Kier molecular flexibility index (Phi) is 3.49. The van der Waals surface area contributed by atoms with Gasteiger partial charge in [-0.3, -0.25) is 9.48 Å². The van der Waals surface area contributed by atoms with Crippen LogP contribution in [0.2, 0.25) is 5.15 Å². The fraction of sp³-hybridized carbons (Fsp3) is 0.333. The first-order chi connectivity index (χ1) is 9.66. The van der Waals surface area contributed by atoms with Crippen LogP contribution in [0.3, 0.4) is 0 Å². The van der Waals surface area contributed by atoms with Gasteiger partial charge >= 0.3 is 0 Å². The van der Waals surface area contributed by atoms with E-state index in [2.05, 4.69) is 34.7 Å². The molecule has 0 spiro atoms. The van der Waals surface area contributed by atoms with Gasteiger partial charge in [0.15, 0.2) is 0 Å². The van der Waals surface area contributed by atoms with Crippen LogP contribution in [0, 0.1) is 5.92 Å². The van der Waals surface area contributed by atoms with E-state index in [1.54, 1.807) is 7.05 Å². The molecule has 0 radical (unpaired) electrons. The Morgan fingerprint density at radius 1 is 1.45 bits per heavy atom. The fourth-order valence-electron chi connectivity index (χ4n) is 2.48. The summed E-state index contributed by atoms with van der Waals surface area (Å²) in [7, 11) is 1.71. The lowest BCUT2D eigenvalue weighted by molar-refractivity contribution is 0.0951. The van der Waals surface area contributed by atoms with Crippen LogP contribution in [-0.2, 0) is 7.05 Å². The van der Waals surface area contributed by atoms with Gasteiger partial charge in [-0.05, 0) is 23.8 Å². The molecule has 1 aliphatic carbocycles. The van der Waals surface area contributed by atoms with Crippen LogP contribution in [0.5, 0.6) is 0 Å². The molecule has 1 amide bonds. The summed E-state index contributed by atoms with van der Waals surface area (Å²) in [6, 6.07) is 10.4. The van der Waals surface area contributed by atoms with Crippen molar-refractivity contribution in [2.24, 2.45) is 13.0 Å². The number of halogens is 1. The first kappa shape index (κ1) is 13.2. The minimum absolute atomic E-state index is 0.151. The fourth-order valence-corrected chi connectivity index (χ4v) is 2.65. The van der Waals surface area contributed by atoms with Crippen LogP contribution in [0.4, 0.5) is 0 Å². The molecule has 20 heavy (non-hydrogen) atoms. The zero-order chi connectivity index (χ0) is 14.1. The normalized spacial score (nSPS) is 20.7. The Balaban J connectivity index is 1.54. The molecule has 0 saturated heterocycles. The number of aryl methyl sites for hydroxylation is 1. The van der Waals surface area contributed by atoms with E-state index in [1.165, 1.54) is 16.4 Å². The average molecular weight is 290 g/mol. The van der Waals surface area contributed by atoms with Crippen molar-refractivity contribution in [3.63, 3.8) is 0 Å². The van der Waals surface area contributed by atoms with Gasteiger partial charge in [-0.1, -0.05) is 41.9 Å². The summed E-state index contributed by atoms with van der Waals surface area (Å²) < 4.78 is 1.49. The number of hydrogen-bond donors (Lipinski definition) is 1. The topological polar surface area (TPSA) is 46.9 Å². The zero-order valence-corrected chi connectivity index (χ0v) is 12.0. The van der Waals surface area contributed by atoms with E-state index < -0.39 is 0 Å². The second-order valence-electron chi connectivity index (χ2n) is 5.20. The molecule has 2 atom stereocenters. The molecule has 0 aliphatic heterocycles. The lowest BCUT2D eigenvalue weighted by atomic mass is 10.1. The van der Waals surface area contributed by atoms with Crippen molar-refractivity contribution in [3.8, 4) is 0 Å². The highest BCUT2D eigenvalue weighted by molar-refractivity contribution is 6.32. The standard InChI is InChI=1S/C15H16ClN3O/c1-19-14(16)13(9-18-19)15(20)17-8-11-7-12(11)10-5-3-2-4-6-10/h2-6,9,11-12H,7-8H2,1H3,(H,17,20)/t11-,12-/m0/s1. The van der Waals surface area contributed by atoms with Gasteiger partial charge in [0.25, 0.3) is 5.91 Å². The Hall–Kier alpha value is -1.81. The van der Waals surface area contributed by atoms with Crippen LogP contribution < -0.4 is 5.32 Å². The van der Waals surface area contributed by atoms with Crippen LogP contribution in [0.25, 0.3) is 0 Å². The third-order valence-corrected chi connectivity index (χ3v) is 4.23. The average Bonchev–Trinajstić information content (AvgIpc) is 3.18. The molecule has 5 heteroatoms. The Labute approximate surface area is 122 Å². The lowest BCUT2D eigenvalue weighted by Gasteiger charge is -2.04. The molecule has 1 aliphatic rings. The van der Waals surface area contributed by atoms with Gasteiger partial charge in [0.2, 0.25) is 0 Å². The summed E-state index contributed by atoms with van der Waals surface area (Å²) in [5, 5.41) is 7.28. The van der Waals surface area contributed by atoms with Gasteiger partial charge in [-0.2, -0.15) is 5.10 Å².